The quantitative estimate of drug-likeness (QED) is 0.544. The number of esters is 1. The molecule has 0 aromatic heterocycles. The lowest BCUT2D eigenvalue weighted by molar-refractivity contribution is -0.155. The number of hydrogen-bond donors (Lipinski definition) is 1. The Morgan fingerprint density at radius 3 is 2.66 bits per heavy atom. The van der Waals surface area contributed by atoms with Crippen LogP contribution >= 0.6 is 0 Å². The van der Waals surface area contributed by atoms with E-state index in [2.05, 4.69) is 5.32 Å². The summed E-state index contributed by atoms with van der Waals surface area (Å²) < 4.78 is 15.7. The van der Waals surface area contributed by atoms with E-state index in [1.807, 2.05) is 18.2 Å². The number of aldehydes is 1. The molecule has 3 rings (SSSR count). The van der Waals surface area contributed by atoms with E-state index >= 15 is 0 Å². The number of rotatable bonds is 8. The van der Waals surface area contributed by atoms with E-state index in [1.54, 1.807) is 6.07 Å². The maximum absolute atomic E-state index is 12.3. The molecule has 0 saturated carbocycles. The van der Waals surface area contributed by atoms with Crippen molar-refractivity contribution < 1.29 is 28.6 Å². The number of anilines is 1. The average Bonchev–Trinajstić information content (AvgIpc) is 3.19. The van der Waals surface area contributed by atoms with Crippen molar-refractivity contribution in [2.24, 2.45) is 0 Å². The molecular weight excluding hydrogens is 374 g/mol. The summed E-state index contributed by atoms with van der Waals surface area (Å²) >= 11 is 0. The van der Waals surface area contributed by atoms with E-state index in [0.717, 1.165) is 19.3 Å². The van der Waals surface area contributed by atoms with Crippen LogP contribution in [0.4, 0.5) is 5.69 Å². The minimum Gasteiger partial charge on any atom is -0.493 e. The fourth-order valence-corrected chi connectivity index (χ4v) is 3.19. The zero-order chi connectivity index (χ0) is 20.8. The SMILES string of the molecule is COc1cc(C=O)ccc1OCC(=O)O[C@@H](C)C(=O)Nc1ccc2c(c1)CCC2. The highest BCUT2D eigenvalue weighted by Gasteiger charge is 2.20. The zero-order valence-electron chi connectivity index (χ0n) is 16.4. The van der Waals surface area contributed by atoms with Crippen molar-refractivity contribution in [3.63, 3.8) is 0 Å². The standard InChI is InChI=1S/C22H23NO6/c1-14(22(26)23-18-8-7-16-4-3-5-17(16)11-18)29-21(25)13-28-19-9-6-15(12-24)10-20(19)27-2/h6-12,14H,3-5,13H2,1-2H3,(H,23,26)/t14-/m0/s1. The van der Waals surface area contributed by atoms with Crippen LogP contribution in [0.1, 0.15) is 34.8 Å². The third-order valence-electron chi connectivity index (χ3n) is 4.71. The summed E-state index contributed by atoms with van der Waals surface area (Å²) in [7, 11) is 1.43. The molecule has 0 heterocycles. The van der Waals surface area contributed by atoms with E-state index < -0.39 is 24.6 Å². The van der Waals surface area contributed by atoms with Gasteiger partial charge < -0.3 is 19.5 Å². The van der Waals surface area contributed by atoms with Gasteiger partial charge in [0.2, 0.25) is 0 Å². The van der Waals surface area contributed by atoms with Crippen molar-refractivity contribution in [3.05, 3.63) is 53.1 Å². The molecule has 2 aromatic rings. The Morgan fingerprint density at radius 2 is 1.90 bits per heavy atom. The van der Waals surface area contributed by atoms with E-state index in [0.29, 0.717) is 29.0 Å². The second-order valence-electron chi connectivity index (χ2n) is 6.78. The fourth-order valence-electron chi connectivity index (χ4n) is 3.19. The number of fused-ring (bicyclic) bond motifs is 1. The number of benzene rings is 2. The molecule has 1 N–H and O–H groups in total. The van der Waals surface area contributed by atoms with Crippen molar-refractivity contribution in [1.29, 1.82) is 0 Å². The van der Waals surface area contributed by atoms with Gasteiger partial charge in [-0.15, -0.1) is 0 Å². The molecule has 0 bridgehead atoms. The van der Waals surface area contributed by atoms with Gasteiger partial charge in [-0.2, -0.15) is 0 Å². The molecule has 7 heteroatoms. The minimum atomic E-state index is -0.973. The number of ether oxygens (including phenoxy) is 3. The van der Waals surface area contributed by atoms with Gasteiger partial charge in [-0.25, -0.2) is 4.79 Å². The highest BCUT2D eigenvalue weighted by atomic mass is 16.6. The summed E-state index contributed by atoms with van der Waals surface area (Å²) in [5.74, 6) is -0.484. The minimum absolute atomic E-state index is 0.297. The number of hydrogen-bond acceptors (Lipinski definition) is 6. The lowest BCUT2D eigenvalue weighted by Crippen LogP contribution is -2.31. The van der Waals surface area contributed by atoms with E-state index in [9.17, 15) is 14.4 Å². The Bertz CT molecular complexity index is 924. The molecular formula is C22H23NO6. The molecule has 7 nitrogen and oxygen atoms in total. The largest absolute Gasteiger partial charge is 0.493 e. The molecule has 1 amide bonds. The number of nitrogens with one attached hydrogen (secondary N) is 1. The van der Waals surface area contributed by atoms with Crippen molar-refractivity contribution in [1.82, 2.24) is 0 Å². The normalized spacial score (nSPS) is 13.2. The van der Waals surface area contributed by atoms with Crippen LogP contribution in [0.2, 0.25) is 0 Å². The molecule has 1 aliphatic carbocycles. The van der Waals surface area contributed by atoms with Crippen molar-refractivity contribution in [2.45, 2.75) is 32.3 Å². The smallest absolute Gasteiger partial charge is 0.344 e. The van der Waals surface area contributed by atoms with Crippen LogP contribution in [0, 0.1) is 0 Å². The van der Waals surface area contributed by atoms with Gasteiger partial charge in [-0.1, -0.05) is 6.07 Å². The van der Waals surface area contributed by atoms with Crippen LogP contribution in [-0.2, 0) is 27.2 Å². The van der Waals surface area contributed by atoms with Crippen LogP contribution in [0.5, 0.6) is 11.5 Å². The van der Waals surface area contributed by atoms with Gasteiger partial charge in [0.05, 0.1) is 7.11 Å². The van der Waals surface area contributed by atoms with Crippen LogP contribution < -0.4 is 14.8 Å². The summed E-state index contributed by atoms with van der Waals surface area (Å²) in [6, 6.07) is 10.4. The van der Waals surface area contributed by atoms with Gasteiger partial charge in [0.1, 0.15) is 6.29 Å². The predicted molar refractivity (Wildman–Crippen MR) is 107 cm³/mol. The fraction of sp³-hybridized carbons (Fsp3) is 0.318. The number of aryl methyl sites for hydroxylation is 2. The lowest BCUT2D eigenvalue weighted by atomic mass is 10.1. The highest BCUT2D eigenvalue weighted by Crippen LogP contribution is 2.27. The monoisotopic (exact) mass is 397 g/mol. The molecule has 0 fully saturated rings. The Hall–Kier alpha value is -3.35. The van der Waals surface area contributed by atoms with Crippen LogP contribution in [0.3, 0.4) is 0 Å². The van der Waals surface area contributed by atoms with Gasteiger partial charge in [-0.05, 0) is 67.6 Å². The third-order valence-corrected chi connectivity index (χ3v) is 4.71. The van der Waals surface area contributed by atoms with Crippen LogP contribution in [0.15, 0.2) is 36.4 Å². The first-order valence-corrected chi connectivity index (χ1v) is 9.38. The van der Waals surface area contributed by atoms with E-state index in [1.165, 1.54) is 37.3 Å². The molecule has 1 aliphatic rings. The number of carbonyl (C=O) groups excluding carboxylic acids is 3. The second kappa shape index (κ2) is 9.23. The summed E-state index contributed by atoms with van der Waals surface area (Å²) in [5, 5.41) is 2.77. The van der Waals surface area contributed by atoms with Crippen molar-refractivity contribution in [3.8, 4) is 11.5 Å². The molecule has 0 saturated heterocycles. The first-order valence-electron chi connectivity index (χ1n) is 9.38. The van der Waals surface area contributed by atoms with Gasteiger partial charge in [-0.3, -0.25) is 9.59 Å². The molecule has 0 spiro atoms. The first kappa shape index (κ1) is 20.4. The summed E-state index contributed by atoms with van der Waals surface area (Å²) in [6.07, 6.45) is 2.92. The molecule has 1 atom stereocenters. The maximum Gasteiger partial charge on any atom is 0.344 e. The van der Waals surface area contributed by atoms with Crippen molar-refractivity contribution >= 4 is 23.9 Å². The number of amides is 1. The first-order chi connectivity index (χ1) is 14.0. The summed E-state index contributed by atoms with van der Waals surface area (Å²) in [6.45, 7) is 1.10. The number of methoxy groups -OCH3 is 1. The van der Waals surface area contributed by atoms with E-state index in [4.69, 9.17) is 14.2 Å². The Balaban J connectivity index is 1.51. The predicted octanol–water partition coefficient (Wildman–Crippen LogP) is 2.95. The topological polar surface area (TPSA) is 90.9 Å². The molecule has 29 heavy (non-hydrogen) atoms. The Labute approximate surface area is 169 Å². The zero-order valence-corrected chi connectivity index (χ0v) is 16.4. The molecule has 2 aromatic carbocycles. The maximum atomic E-state index is 12.3. The number of carbonyl (C=O) groups is 3. The van der Waals surface area contributed by atoms with Gasteiger partial charge in [0, 0.05) is 11.3 Å². The van der Waals surface area contributed by atoms with Crippen molar-refractivity contribution in [2.75, 3.05) is 19.0 Å². The Kier molecular flexibility index (Phi) is 6.49. The van der Waals surface area contributed by atoms with Gasteiger partial charge in [0.15, 0.2) is 24.2 Å². The second-order valence-corrected chi connectivity index (χ2v) is 6.78. The van der Waals surface area contributed by atoms with Crippen LogP contribution in [-0.4, -0.2) is 38.0 Å². The van der Waals surface area contributed by atoms with Gasteiger partial charge in [0.25, 0.3) is 5.91 Å². The molecule has 0 aliphatic heterocycles. The Morgan fingerprint density at radius 1 is 1.10 bits per heavy atom. The highest BCUT2D eigenvalue weighted by molar-refractivity contribution is 5.95. The van der Waals surface area contributed by atoms with Gasteiger partial charge >= 0.3 is 5.97 Å². The molecule has 0 radical (unpaired) electrons. The molecule has 152 valence electrons. The lowest BCUT2D eigenvalue weighted by Gasteiger charge is -2.15. The van der Waals surface area contributed by atoms with Crippen LogP contribution in [0.25, 0.3) is 0 Å². The van der Waals surface area contributed by atoms with E-state index in [-0.39, 0.29) is 0 Å². The summed E-state index contributed by atoms with van der Waals surface area (Å²) in [4.78, 5) is 35.2. The molecule has 0 unspecified atom stereocenters. The summed E-state index contributed by atoms with van der Waals surface area (Å²) in [5.41, 5.74) is 3.68. The average molecular weight is 397 g/mol. The third kappa shape index (κ3) is 5.13.